The second-order valence-electron chi connectivity index (χ2n) is 3.24. The molecule has 1 rings (SSSR count). The first-order valence-corrected chi connectivity index (χ1v) is 6.55. The van der Waals surface area contributed by atoms with E-state index in [0.29, 0.717) is 21.9 Å². The average Bonchev–Trinajstić information content (AvgIpc) is 2.64. The zero-order valence-corrected chi connectivity index (χ0v) is 11.2. The van der Waals surface area contributed by atoms with Crippen LogP contribution in [-0.4, -0.2) is 26.9 Å². The normalized spacial score (nSPS) is 12.5. The summed E-state index contributed by atoms with van der Waals surface area (Å²) in [4.78, 5) is 12.7. The topological polar surface area (TPSA) is 54.9 Å². The largest absolute Gasteiger partial charge is 0.351 e. The molecule has 4 nitrogen and oxygen atoms in total. The highest BCUT2D eigenvalue weighted by Gasteiger charge is 2.12. The second kappa shape index (κ2) is 6.17. The quantitative estimate of drug-likeness (QED) is 0.846. The van der Waals surface area contributed by atoms with Crippen molar-refractivity contribution < 1.29 is 4.79 Å². The predicted molar refractivity (Wildman–Crippen MR) is 64.6 cm³/mol. The van der Waals surface area contributed by atoms with Gasteiger partial charge in [-0.15, -0.1) is 5.10 Å². The van der Waals surface area contributed by atoms with Crippen molar-refractivity contribution in [2.45, 2.75) is 31.5 Å². The van der Waals surface area contributed by atoms with Crippen LogP contribution in [0.2, 0.25) is 0 Å². The molecule has 1 amide bonds. The molecule has 1 unspecified atom stereocenters. The summed E-state index contributed by atoms with van der Waals surface area (Å²) in [5.41, 5.74) is 0.698. The number of amides is 1. The van der Waals surface area contributed by atoms with E-state index in [0.717, 1.165) is 24.4 Å². The van der Waals surface area contributed by atoms with Crippen LogP contribution in [0.5, 0.6) is 0 Å². The number of carbonyl (C=O) groups excluding carboxylic acids is 1. The van der Waals surface area contributed by atoms with Crippen molar-refractivity contribution in [1.82, 2.24) is 14.9 Å². The van der Waals surface area contributed by atoms with E-state index in [9.17, 15) is 4.79 Å². The average molecular weight is 292 g/mol. The maximum absolute atomic E-state index is 11.6. The van der Waals surface area contributed by atoms with E-state index >= 15 is 0 Å². The van der Waals surface area contributed by atoms with Gasteiger partial charge in [-0.25, -0.2) is 0 Å². The van der Waals surface area contributed by atoms with Gasteiger partial charge in [0.05, 0.1) is 5.69 Å². The van der Waals surface area contributed by atoms with Gasteiger partial charge in [0.2, 0.25) is 0 Å². The maximum atomic E-state index is 11.6. The van der Waals surface area contributed by atoms with Gasteiger partial charge in [-0.3, -0.25) is 4.79 Å². The highest BCUT2D eigenvalue weighted by molar-refractivity contribution is 9.09. The number of hydrogen-bond acceptors (Lipinski definition) is 4. The lowest BCUT2D eigenvalue weighted by Crippen LogP contribution is -2.25. The van der Waals surface area contributed by atoms with Crippen molar-refractivity contribution in [2.75, 3.05) is 6.54 Å². The van der Waals surface area contributed by atoms with Gasteiger partial charge in [0, 0.05) is 11.4 Å². The number of alkyl halides is 1. The number of nitrogens with one attached hydrogen (secondary N) is 1. The summed E-state index contributed by atoms with van der Waals surface area (Å²) in [6.45, 7) is 4.58. The minimum atomic E-state index is -0.0710. The minimum absolute atomic E-state index is 0.0710. The number of halogens is 1. The van der Waals surface area contributed by atoms with Crippen LogP contribution >= 0.6 is 27.5 Å². The fraction of sp³-hybridized carbons (Fsp3) is 0.667. The molecule has 0 fully saturated rings. The molecule has 0 aromatic carbocycles. The molecule has 15 heavy (non-hydrogen) atoms. The number of rotatable bonds is 5. The lowest BCUT2D eigenvalue weighted by Gasteiger charge is -2.07. The Morgan fingerprint density at radius 2 is 2.40 bits per heavy atom. The number of aromatic nitrogens is 2. The fourth-order valence-corrected chi connectivity index (χ4v) is 1.87. The Balaban J connectivity index is 2.34. The molecule has 1 atom stereocenters. The standard InChI is InChI=1S/C9H14BrN3OS/c1-3-7(10)4-5-11-9(14)8-6(2)12-13-15-8/h7H,3-5H2,1-2H3,(H,11,14). The lowest BCUT2D eigenvalue weighted by atomic mass is 10.2. The summed E-state index contributed by atoms with van der Waals surface area (Å²) in [7, 11) is 0. The molecule has 84 valence electrons. The number of aryl methyl sites for hydroxylation is 1. The molecule has 0 bridgehead atoms. The van der Waals surface area contributed by atoms with Crippen molar-refractivity contribution >= 4 is 33.4 Å². The fourth-order valence-electron chi connectivity index (χ4n) is 1.07. The summed E-state index contributed by atoms with van der Waals surface area (Å²) in [5, 5.41) is 6.65. The minimum Gasteiger partial charge on any atom is -0.351 e. The molecule has 0 spiro atoms. The Morgan fingerprint density at radius 3 is 2.93 bits per heavy atom. The highest BCUT2D eigenvalue weighted by Crippen LogP contribution is 2.10. The maximum Gasteiger partial charge on any atom is 0.264 e. The van der Waals surface area contributed by atoms with Gasteiger partial charge in [-0.1, -0.05) is 27.3 Å². The number of hydrogen-bond donors (Lipinski definition) is 1. The molecule has 1 heterocycles. The summed E-state index contributed by atoms with van der Waals surface area (Å²) >= 11 is 4.65. The molecular weight excluding hydrogens is 278 g/mol. The van der Waals surface area contributed by atoms with Gasteiger partial charge < -0.3 is 5.32 Å². The summed E-state index contributed by atoms with van der Waals surface area (Å²) < 4.78 is 3.72. The van der Waals surface area contributed by atoms with Crippen LogP contribution in [0, 0.1) is 6.92 Å². The Labute approximate surface area is 102 Å². The Morgan fingerprint density at radius 1 is 1.67 bits per heavy atom. The van der Waals surface area contributed by atoms with E-state index in [1.54, 1.807) is 6.92 Å². The molecule has 1 aromatic rings. The third-order valence-electron chi connectivity index (χ3n) is 2.04. The van der Waals surface area contributed by atoms with E-state index in [4.69, 9.17) is 0 Å². The first-order chi connectivity index (χ1) is 7.15. The van der Waals surface area contributed by atoms with Crippen molar-refractivity contribution in [3.05, 3.63) is 10.6 Å². The number of nitrogens with zero attached hydrogens (tertiary/aromatic N) is 2. The third kappa shape index (κ3) is 3.87. The van der Waals surface area contributed by atoms with Gasteiger partial charge >= 0.3 is 0 Å². The van der Waals surface area contributed by atoms with Crippen LogP contribution < -0.4 is 5.32 Å². The van der Waals surface area contributed by atoms with Crippen LogP contribution in [0.4, 0.5) is 0 Å². The van der Waals surface area contributed by atoms with Gasteiger partial charge in [-0.2, -0.15) is 0 Å². The Kier molecular flexibility index (Phi) is 5.17. The van der Waals surface area contributed by atoms with Crippen molar-refractivity contribution in [2.24, 2.45) is 0 Å². The van der Waals surface area contributed by atoms with E-state index in [1.165, 1.54) is 0 Å². The van der Waals surface area contributed by atoms with Gasteiger partial charge in [0.1, 0.15) is 4.88 Å². The van der Waals surface area contributed by atoms with Crippen LogP contribution in [0.15, 0.2) is 0 Å². The third-order valence-corrected chi connectivity index (χ3v) is 3.98. The highest BCUT2D eigenvalue weighted by atomic mass is 79.9. The first-order valence-electron chi connectivity index (χ1n) is 4.86. The van der Waals surface area contributed by atoms with Crippen LogP contribution in [-0.2, 0) is 0 Å². The molecular formula is C9H14BrN3OS. The molecule has 0 aliphatic heterocycles. The van der Waals surface area contributed by atoms with Crippen LogP contribution in [0.3, 0.4) is 0 Å². The van der Waals surface area contributed by atoms with E-state index in [1.807, 2.05) is 0 Å². The molecule has 0 saturated heterocycles. The summed E-state index contributed by atoms with van der Waals surface area (Å²) in [6.07, 6.45) is 2.00. The predicted octanol–water partition coefficient (Wildman–Crippen LogP) is 2.14. The van der Waals surface area contributed by atoms with E-state index < -0.39 is 0 Å². The molecule has 0 aliphatic carbocycles. The SMILES string of the molecule is CCC(Br)CCNC(=O)c1snnc1C. The first kappa shape index (κ1) is 12.6. The monoisotopic (exact) mass is 291 g/mol. The summed E-state index contributed by atoms with van der Waals surface area (Å²) in [6, 6.07) is 0. The van der Waals surface area contributed by atoms with Crippen molar-refractivity contribution in [3.8, 4) is 0 Å². The van der Waals surface area contributed by atoms with E-state index in [2.05, 4.69) is 37.8 Å². The van der Waals surface area contributed by atoms with Crippen molar-refractivity contribution in [1.29, 1.82) is 0 Å². The molecule has 1 aromatic heterocycles. The Hall–Kier alpha value is -0.490. The smallest absolute Gasteiger partial charge is 0.264 e. The Bertz CT molecular complexity index is 329. The zero-order valence-electron chi connectivity index (χ0n) is 8.79. The lowest BCUT2D eigenvalue weighted by molar-refractivity contribution is 0.0956. The van der Waals surface area contributed by atoms with Gasteiger partial charge in [0.25, 0.3) is 5.91 Å². The molecule has 0 radical (unpaired) electrons. The second-order valence-corrected chi connectivity index (χ2v) is 5.29. The van der Waals surface area contributed by atoms with Gasteiger partial charge in [-0.05, 0) is 31.3 Å². The zero-order chi connectivity index (χ0) is 11.3. The molecule has 0 aliphatic rings. The summed E-state index contributed by atoms with van der Waals surface area (Å²) in [5.74, 6) is -0.0710. The van der Waals surface area contributed by atoms with Crippen LogP contribution in [0.1, 0.15) is 35.1 Å². The van der Waals surface area contributed by atoms with Crippen LogP contribution in [0.25, 0.3) is 0 Å². The van der Waals surface area contributed by atoms with E-state index in [-0.39, 0.29) is 5.91 Å². The molecule has 1 N–H and O–H groups in total. The molecule has 0 saturated carbocycles. The van der Waals surface area contributed by atoms with Gasteiger partial charge in [0.15, 0.2) is 0 Å². The molecule has 6 heteroatoms. The number of carbonyl (C=O) groups is 1. The van der Waals surface area contributed by atoms with Crippen molar-refractivity contribution in [3.63, 3.8) is 0 Å².